The zero-order valence-electron chi connectivity index (χ0n) is 15.3. The highest BCUT2D eigenvalue weighted by atomic mass is 16.2. The van der Waals surface area contributed by atoms with Crippen LogP contribution in [-0.2, 0) is 9.59 Å². The summed E-state index contributed by atoms with van der Waals surface area (Å²) in [5.41, 5.74) is 0.702. The first-order valence-corrected chi connectivity index (χ1v) is 9.54. The second kappa shape index (κ2) is 8.34. The van der Waals surface area contributed by atoms with E-state index in [-0.39, 0.29) is 29.8 Å². The van der Waals surface area contributed by atoms with Gasteiger partial charge in [0, 0.05) is 37.7 Å². The van der Waals surface area contributed by atoms with Gasteiger partial charge < -0.3 is 15.1 Å². The molecular weight excluding hydrogens is 330 g/mol. The molecule has 0 bridgehead atoms. The average Bonchev–Trinajstić information content (AvgIpc) is 3.09. The molecule has 1 atom stereocenters. The Morgan fingerprint density at radius 3 is 2.42 bits per heavy atom. The molecule has 3 rings (SSSR count). The molecule has 0 radical (unpaired) electrons. The van der Waals surface area contributed by atoms with E-state index in [1.54, 1.807) is 4.90 Å². The molecule has 2 aliphatic rings. The van der Waals surface area contributed by atoms with E-state index in [0.29, 0.717) is 38.0 Å². The minimum absolute atomic E-state index is 0.0458. The summed E-state index contributed by atoms with van der Waals surface area (Å²) in [5, 5.41) is 3.10. The third-order valence-corrected chi connectivity index (χ3v) is 5.32. The predicted octanol–water partition coefficient (Wildman–Crippen LogP) is 1.81. The van der Waals surface area contributed by atoms with Gasteiger partial charge in [-0.05, 0) is 37.8 Å². The first-order valence-electron chi connectivity index (χ1n) is 9.54. The molecule has 0 aromatic heterocycles. The van der Waals surface area contributed by atoms with E-state index in [9.17, 15) is 14.4 Å². The predicted molar refractivity (Wildman–Crippen MR) is 98.5 cm³/mol. The molecular formula is C20H27N3O3. The van der Waals surface area contributed by atoms with Crippen LogP contribution in [0.25, 0.3) is 0 Å². The fourth-order valence-corrected chi connectivity index (χ4v) is 3.83. The molecule has 0 saturated carbocycles. The molecule has 1 aromatic carbocycles. The molecule has 0 aliphatic carbocycles. The number of hydrogen-bond donors (Lipinski definition) is 1. The van der Waals surface area contributed by atoms with Crippen LogP contribution >= 0.6 is 0 Å². The monoisotopic (exact) mass is 357 g/mol. The van der Waals surface area contributed by atoms with E-state index >= 15 is 0 Å². The van der Waals surface area contributed by atoms with Gasteiger partial charge in [-0.3, -0.25) is 14.4 Å². The SMILES string of the molecule is CCC(C(=O)NC1CCN(C(=O)c2ccccc2)CC1)N1CCCC1=O. The molecule has 6 heteroatoms. The van der Waals surface area contributed by atoms with Gasteiger partial charge in [-0.2, -0.15) is 0 Å². The maximum absolute atomic E-state index is 12.6. The van der Waals surface area contributed by atoms with Crippen molar-refractivity contribution >= 4 is 17.7 Å². The summed E-state index contributed by atoms with van der Waals surface area (Å²) >= 11 is 0. The van der Waals surface area contributed by atoms with Crippen LogP contribution in [0.4, 0.5) is 0 Å². The first-order chi connectivity index (χ1) is 12.6. The Hall–Kier alpha value is -2.37. The van der Waals surface area contributed by atoms with E-state index in [1.165, 1.54) is 0 Å². The molecule has 140 valence electrons. The number of rotatable bonds is 5. The zero-order chi connectivity index (χ0) is 18.5. The van der Waals surface area contributed by atoms with E-state index in [0.717, 1.165) is 19.3 Å². The largest absolute Gasteiger partial charge is 0.351 e. The summed E-state index contributed by atoms with van der Waals surface area (Å²) in [6.07, 6.45) is 3.50. The number of piperidine rings is 1. The Balaban J connectivity index is 1.51. The third kappa shape index (κ3) is 4.06. The lowest BCUT2D eigenvalue weighted by molar-refractivity contribution is -0.138. The molecule has 2 saturated heterocycles. The number of amides is 3. The molecule has 6 nitrogen and oxygen atoms in total. The summed E-state index contributed by atoms with van der Waals surface area (Å²) in [7, 11) is 0. The topological polar surface area (TPSA) is 69.7 Å². The van der Waals surface area contributed by atoms with Gasteiger partial charge >= 0.3 is 0 Å². The standard InChI is InChI=1S/C20H27N3O3/c1-2-17(23-12-6-9-18(23)24)19(25)21-16-10-13-22(14-11-16)20(26)15-7-4-3-5-8-15/h3-5,7-8,16-17H,2,6,9-14H2,1H3,(H,21,25). The lowest BCUT2D eigenvalue weighted by atomic mass is 10.0. The summed E-state index contributed by atoms with van der Waals surface area (Å²) in [6.45, 7) is 3.89. The molecule has 26 heavy (non-hydrogen) atoms. The van der Waals surface area contributed by atoms with Crippen molar-refractivity contribution in [2.75, 3.05) is 19.6 Å². The second-order valence-electron chi connectivity index (χ2n) is 7.06. The van der Waals surface area contributed by atoms with Crippen LogP contribution in [0, 0.1) is 0 Å². The van der Waals surface area contributed by atoms with Gasteiger partial charge in [-0.1, -0.05) is 25.1 Å². The molecule has 2 fully saturated rings. The molecule has 1 unspecified atom stereocenters. The van der Waals surface area contributed by atoms with Gasteiger partial charge in [0.2, 0.25) is 11.8 Å². The van der Waals surface area contributed by atoms with Crippen molar-refractivity contribution in [3.8, 4) is 0 Å². The number of benzene rings is 1. The van der Waals surface area contributed by atoms with Gasteiger partial charge in [0.05, 0.1) is 0 Å². The Kier molecular flexibility index (Phi) is 5.91. The quantitative estimate of drug-likeness (QED) is 0.874. The Bertz CT molecular complexity index is 654. The number of nitrogens with one attached hydrogen (secondary N) is 1. The zero-order valence-corrected chi connectivity index (χ0v) is 15.3. The molecule has 2 aliphatic heterocycles. The fraction of sp³-hybridized carbons (Fsp3) is 0.550. The number of nitrogens with zero attached hydrogens (tertiary/aromatic N) is 2. The van der Waals surface area contributed by atoms with Crippen molar-refractivity contribution in [3.63, 3.8) is 0 Å². The van der Waals surface area contributed by atoms with E-state index in [2.05, 4.69) is 5.32 Å². The molecule has 2 heterocycles. The minimum Gasteiger partial charge on any atom is -0.351 e. The highest BCUT2D eigenvalue weighted by Gasteiger charge is 2.33. The maximum atomic E-state index is 12.6. The third-order valence-electron chi connectivity index (χ3n) is 5.32. The van der Waals surface area contributed by atoms with Gasteiger partial charge in [0.1, 0.15) is 6.04 Å². The summed E-state index contributed by atoms with van der Waals surface area (Å²) in [4.78, 5) is 40.6. The highest BCUT2D eigenvalue weighted by molar-refractivity contribution is 5.94. The summed E-state index contributed by atoms with van der Waals surface area (Å²) in [5.74, 6) is 0.0651. The van der Waals surface area contributed by atoms with Gasteiger partial charge in [-0.25, -0.2) is 0 Å². The van der Waals surface area contributed by atoms with Crippen LogP contribution in [-0.4, -0.2) is 59.2 Å². The number of likely N-dealkylation sites (tertiary alicyclic amines) is 2. The molecule has 1 N–H and O–H groups in total. The van der Waals surface area contributed by atoms with Crippen molar-refractivity contribution in [1.82, 2.24) is 15.1 Å². The molecule has 1 aromatic rings. The number of hydrogen-bond acceptors (Lipinski definition) is 3. The average molecular weight is 357 g/mol. The summed E-state index contributed by atoms with van der Waals surface area (Å²) < 4.78 is 0. The van der Waals surface area contributed by atoms with Crippen molar-refractivity contribution in [3.05, 3.63) is 35.9 Å². The summed E-state index contributed by atoms with van der Waals surface area (Å²) in [6, 6.07) is 8.98. The Morgan fingerprint density at radius 1 is 1.15 bits per heavy atom. The van der Waals surface area contributed by atoms with Crippen molar-refractivity contribution in [2.24, 2.45) is 0 Å². The maximum Gasteiger partial charge on any atom is 0.253 e. The van der Waals surface area contributed by atoms with Gasteiger partial charge in [0.15, 0.2) is 0 Å². The van der Waals surface area contributed by atoms with Crippen LogP contribution in [0.15, 0.2) is 30.3 Å². The smallest absolute Gasteiger partial charge is 0.253 e. The van der Waals surface area contributed by atoms with Crippen molar-refractivity contribution in [1.29, 1.82) is 0 Å². The van der Waals surface area contributed by atoms with Crippen LogP contribution in [0.3, 0.4) is 0 Å². The van der Waals surface area contributed by atoms with E-state index in [1.807, 2.05) is 42.2 Å². The second-order valence-corrected chi connectivity index (χ2v) is 7.06. The lowest BCUT2D eigenvalue weighted by Crippen LogP contribution is -2.52. The van der Waals surface area contributed by atoms with Crippen molar-refractivity contribution in [2.45, 2.75) is 51.1 Å². The first kappa shape index (κ1) is 18.4. The Labute approximate surface area is 154 Å². The highest BCUT2D eigenvalue weighted by Crippen LogP contribution is 2.18. The lowest BCUT2D eigenvalue weighted by Gasteiger charge is -2.34. The minimum atomic E-state index is -0.367. The van der Waals surface area contributed by atoms with Gasteiger partial charge in [-0.15, -0.1) is 0 Å². The van der Waals surface area contributed by atoms with E-state index < -0.39 is 0 Å². The van der Waals surface area contributed by atoms with Crippen LogP contribution in [0.2, 0.25) is 0 Å². The molecule has 3 amide bonds. The molecule has 0 spiro atoms. The van der Waals surface area contributed by atoms with Crippen LogP contribution < -0.4 is 5.32 Å². The Morgan fingerprint density at radius 2 is 1.85 bits per heavy atom. The van der Waals surface area contributed by atoms with E-state index in [4.69, 9.17) is 0 Å². The van der Waals surface area contributed by atoms with Crippen LogP contribution in [0.1, 0.15) is 49.4 Å². The number of carbonyl (C=O) groups excluding carboxylic acids is 3. The van der Waals surface area contributed by atoms with Gasteiger partial charge in [0.25, 0.3) is 5.91 Å². The van der Waals surface area contributed by atoms with Crippen LogP contribution in [0.5, 0.6) is 0 Å². The normalized spacial score (nSPS) is 19.5. The fourth-order valence-electron chi connectivity index (χ4n) is 3.83. The number of carbonyl (C=O) groups is 3. The van der Waals surface area contributed by atoms with Crippen molar-refractivity contribution < 1.29 is 14.4 Å².